The first-order valence-corrected chi connectivity index (χ1v) is 5.34. The van der Waals surface area contributed by atoms with E-state index >= 15 is 0 Å². The van der Waals surface area contributed by atoms with E-state index in [2.05, 4.69) is 5.32 Å². The lowest BCUT2D eigenvalue weighted by Crippen LogP contribution is -2.43. The molecule has 1 aliphatic rings. The van der Waals surface area contributed by atoms with E-state index in [4.69, 9.17) is 5.11 Å². The third kappa shape index (κ3) is 2.43. The predicted molar refractivity (Wildman–Crippen MR) is 57.9 cm³/mol. The number of carbonyl (C=O) groups is 2. The van der Waals surface area contributed by atoms with Crippen molar-refractivity contribution >= 4 is 11.9 Å². The van der Waals surface area contributed by atoms with Crippen molar-refractivity contribution in [2.75, 3.05) is 6.54 Å². The summed E-state index contributed by atoms with van der Waals surface area (Å²) in [5, 5.41) is 11.4. The van der Waals surface area contributed by atoms with Crippen LogP contribution in [0.2, 0.25) is 0 Å². The molecule has 0 unspecified atom stereocenters. The number of carbonyl (C=O) groups excluding carboxylic acids is 1. The molecule has 1 saturated heterocycles. The van der Waals surface area contributed by atoms with Crippen LogP contribution in [0.5, 0.6) is 0 Å². The van der Waals surface area contributed by atoms with Crippen LogP contribution in [0, 0.1) is 11.7 Å². The molecule has 17 heavy (non-hydrogen) atoms. The van der Waals surface area contributed by atoms with Crippen molar-refractivity contribution in [1.82, 2.24) is 5.32 Å². The molecule has 1 aromatic rings. The van der Waals surface area contributed by atoms with E-state index in [0.29, 0.717) is 6.54 Å². The van der Waals surface area contributed by atoms with Crippen LogP contribution in [0.4, 0.5) is 4.39 Å². The van der Waals surface area contributed by atoms with E-state index in [-0.39, 0.29) is 18.2 Å². The average molecular weight is 237 g/mol. The number of carboxylic acid groups (broad SMARTS) is 1. The molecular formula is C12H12FNO3. The largest absolute Gasteiger partial charge is 0.481 e. The molecule has 2 atom stereocenters. The Bertz CT molecular complexity index is 461. The zero-order valence-corrected chi connectivity index (χ0v) is 9.02. The first-order chi connectivity index (χ1) is 8.08. The molecule has 1 fully saturated rings. The number of hydrogen-bond donors (Lipinski definition) is 2. The topological polar surface area (TPSA) is 66.4 Å². The van der Waals surface area contributed by atoms with Crippen molar-refractivity contribution in [1.29, 1.82) is 0 Å². The second-order valence-corrected chi connectivity index (χ2v) is 4.12. The molecule has 1 heterocycles. The maximum atomic E-state index is 13.1. The van der Waals surface area contributed by atoms with Gasteiger partial charge >= 0.3 is 5.97 Å². The second-order valence-electron chi connectivity index (χ2n) is 4.12. The molecule has 1 aromatic carbocycles. The van der Waals surface area contributed by atoms with Crippen molar-refractivity contribution in [2.24, 2.45) is 5.92 Å². The van der Waals surface area contributed by atoms with Crippen molar-refractivity contribution in [2.45, 2.75) is 12.3 Å². The van der Waals surface area contributed by atoms with E-state index in [0.717, 1.165) is 5.56 Å². The molecule has 5 heteroatoms. The smallest absolute Gasteiger partial charge is 0.316 e. The summed E-state index contributed by atoms with van der Waals surface area (Å²) in [5.74, 6) is -3.15. The number of carboxylic acids is 1. The van der Waals surface area contributed by atoms with Crippen LogP contribution in [-0.2, 0) is 9.59 Å². The van der Waals surface area contributed by atoms with E-state index < -0.39 is 17.8 Å². The first-order valence-electron chi connectivity index (χ1n) is 5.34. The Labute approximate surface area is 97.4 Å². The third-order valence-electron chi connectivity index (χ3n) is 2.98. The van der Waals surface area contributed by atoms with E-state index in [1.165, 1.54) is 12.1 Å². The Balaban J connectivity index is 2.18. The van der Waals surface area contributed by atoms with E-state index in [9.17, 15) is 14.0 Å². The molecule has 90 valence electrons. The average Bonchev–Trinajstić information content (AvgIpc) is 2.29. The third-order valence-corrected chi connectivity index (χ3v) is 2.98. The van der Waals surface area contributed by atoms with E-state index in [1.807, 2.05) is 0 Å². The minimum atomic E-state index is -1.14. The lowest BCUT2D eigenvalue weighted by molar-refractivity contribution is -0.148. The van der Waals surface area contributed by atoms with Crippen LogP contribution in [-0.4, -0.2) is 23.5 Å². The van der Waals surface area contributed by atoms with Crippen molar-refractivity contribution in [3.63, 3.8) is 0 Å². The monoisotopic (exact) mass is 237 g/mol. The van der Waals surface area contributed by atoms with Crippen LogP contribution < -0.4 is 5.32 Å². The molecule has 0 saturated carbocycles. The standard InChI is InChI=1S/C12H12FNO3/c13-9-3-1-2-7(4-9)8-5-10(12(16)17)11(15)14-6-8/h1-4,8,10H,5-6H2,(H,14,15)(H,16,17)/t8-,10-/m0/s1. The summed E-state index contributed by atoms with van der Waals surface area (Å²) in [5.41, 5.74) is 0.719. The fourth-order valence-corrected chi connectivity index (χ4v) is 2.05. The highest BCUT2D eigenvalue weighted by Gasteiger charge is 2.34. The number of piperidine rings is 1. The number of aliphatic carboxylic acids is 1. The molecule has 2 rings (SSSR count). The van der Waals surface area contributed by atoms with Crippen LogP contribution in [0.25, 0.3) is 0 Å². The van der Waals surface area contributed by atoms with Gasteiger partial charge < -0.3 is 10.4 Å². The lowest BCUT2D eigenvalue weighted by atomic mass is 9.85. The molecule has 2 N–H and O–H groups in total. The van der Waals surface area contributed by atoms with Crippen molar-refractivity contribution in [3.05, 3.63) is 35.6 Å². The summed E-state index contributed by atoms with van der Waals surface area (Å²) in [4.78, 5) is 22.2. The van der Waals surface area contributed by atoms with Gasteiger partial charge in [0.1, 0.15) is 11.7 Å². The number of rotatable bonds is 2. The number of benzene rings is 1. The number of nitrogens with one attached hydrogen (secondary N) is 1. The van der Waals surface area contributed by atoms with Gasteiger partial charge in [0.2, 0.25) is 5.91 Å². The highest BCUT2D eigenvalue weighted by Crippen LogP contribution is 2.27. The molecule has 0 bridgehead atoms. The summed E-state index contributed by atoms with van der Waals surface area (Å²) in [7, 11) is 0. The van der Waals surface area contributed by atoms with Gasteiger partial charge in [0.15, 0.2) is 0 Å². The number of hydrogen-bond acceptors (Lipinski definition) is 2. The Hall–Kier alpha value is -1.91. The first kappa shape index (κ1) is 11.6. The quantitative estimate of drug-likeness (QED) is 0.758. The fourth-order valence-electron chi connectivity index (χ4n) is 2.05. The molecule has 1 amide bonds. The van der Waals surface area contributed by atoms with Gasteiger partial charge in [-0.25, -0.2) is 4.39 Å². The maximum Gasteiger partial charge on any atom is 0.316 e. The zero-order valence-electron chi connectivity index (χ0n) is 9.02. The Morgan fingerprint density at radius 3 is 2.88 bits per heavy atom. The molecular weight excluding hydrogens is 225 g/mol. The van der Waals surface area contributed by atoms with Crippen LogP contribution in [0.15, 0.2) is 24.3 Å². The number of amides is 1. The second kappa shape index (κ2) is 4.53. The highest BCUT2D eigenvalue weighted by atomic mass is 19.1. The van der Waals surface area contributed by atoms with Gasteiger partial charge in [0.25, 0.3) is 0 Å². The Morgan fingerprint density at radius 2 is 2.24 bits per heavy atom. The van der Waals surface area contributed by atoms with Gasteiger partial charge in [-0.1, -0.05) is 12.1 Å². The van der Waals surface area contributed by atoms with Crippen LogP contribution in [0.1, 0.15) is 17.9 Å². The van der Waals surface area contributed by atoms with Crippen LogP contribution >= 0.6 is 0 Å². The van der Waals surface area contributed by atoms with E-state index in [1.54, 1.807) is 12.1 Å². The summed E-state index contributed by atoms with van der Waals surface area (Å²) in [6.45, 7) is 0.353. The Morgan fingerprint density at radius 1 is 1.47 bits per heavy atom. The minimum absolute atomic E-state index is 0.149. The molecule has 0 spiro atoms. The zero-order chi connectivity index (χ0) is 12.4. The van der Waals surface area contributed by atoms with Crippen molar-refractivity contribution in [3.8, 4) is 0 Å². The van der Waals surface area contributed by atoms with Gasteiger partial charge in [-0.15, -0.1) is 0 Å². The summed E-state index contributed by atoms with van der Waals surface area (Å²) < 4.78 is 13.1. The van der Waals surface area contributed by atoms with Gasteiger partial charge in [0, 0.05) is 12.5 Å². The molecule has 0 radical (unpaired) electrons. The van der Waals surface area contributed by atoms with Crippen LogP contribution in [0.3, 0.4) is 0 Å². The summed E-state index contributed by atoms with van der Waals surface area (Å²) >= 11 is 0. The highest BCUT2D eigenvalue weighted by molar-refractivity contribution is 5.97. The summed E-state index contributed by atoms with van der Waals surface area (Å²) in [6, 6.07) is 6.03. The molecule has 4 nitrogen and oxygen atoms in total. The fraction of sp³-hybridized carbons (Fsp3) is 0.333. The minimum Gasteiger partial charge on any atom is -0.481 e. The Kier molecular flexibility index (Phi) is 3.08. The normalized spacial score (nSPS) is 24.2. The maximum absolute atomic E-state index is 13.1. The van der Waals surface area contributed by atoms with Gasteiger partial charge in [-0.2, -0.15) is 0 Å². The SMILES string of the molecule is O=C(O)[C@H]1C[C@H](c2cccc(F)c2)CNC1=O. The van der Waals surface area contributed by atoms with Gasteiger partial charge in [-0.05, 0) is 24.1 Å². The van der Waals surface area contributed by atoms with Gasteiger partial charge in [-0.3, -0.25) is 9.59 Å². The van der Waals surface area contributed by atoms with Crippen molar-refractivity contribution < 1.29 is 19.1 Å². The molecule has 1 aliphatic heterocycles. The number of halogens is 1. The van der Waals surface area contributed by atoms with Gasteiger partial charge in [0.05, 0.1) is 0 Å². The molecule has 0 aromatic heterocycles. The lowest BCUT2D eigenvalue weighted by Gasteiger charge is -2.27. The molecule has 0 aliphatic carbocycles. The summed E-state index contributed by atoms with van der Waals surface area (Å²) in [6.07, 6.45) is 0.213. The predicted octanol–water partition coefficient (Wildman–Crippen LogP) is 1.13.